The van der Waals surface area contributed by atoms with Crippen LogP contribution in [0.25, 0.3) is 0 Å². The highest BCUT2D eigenvalue weighted by molar-refractivity contribution is 5.55. The first-order valence-corrected chi connectivity index (χ1v) is 9.46. The number of ether oxygens (including phenoxy) is 4. The second-order valence-electron chi connectivity index (χ2n) is 7.27. The van der Waals surface area contributed by atoms with Crippen molar-refractivity contribution in [2.75, 3.05) is 26.4 Å². The third kappa shape index (κ3) is 4.18. The second kappa shape index (κ2) is 7.90. The number of para-hydroxylation sites is 2. The third-order valence-corrected chi connectivity index (χ3v) is 5.09. The molecule has 4 rings (SSSR count). The lowest BCUT2D eigenvalue weighted by atomic mass is 9.72. The van der Waals surface area contributed by atoms with E-state index in [2.05, 4.69) is 0 Å². The molecule has 2 saturated heterocycles. The molecule has 31 heavy (non-hydrogen) atoms. The van der Waals surface area contributed by atoms with Gasteiger partial charge in [-0.05, 0) is 12.1 Å². The van der Waals surface area contributed by atoms with E-state index in [1.54, 1.807) is 0 Å². The Morgan fingerprint density at radius 3 is 1.35 bits per heavy atom. The number of epoxide rings is 2. The van der Waals surface area contributed by atoms with Crippen molar-refractivity contribution < 1.29 is 45.3 Å². The minimum absolute atomic E-state index is 0.153. The van der Waals surface area contributed by atoms with Crippen LogP contribution >= 0.6 is 0 Å². The Balaban J connectivity index is 1.90. The van der Waals surface area contributed by atoms with Gasteiger partial charge in [-0.15, -0.1) is 0 Å². The van der Waals surface area contributed by atoms with Crippen LogP contribution in [0, 0.1) is 0 Å². The smallest absolute Gasteiger partial charge is 0.411 e. The number of halogens is 6. The van der Waals surface area contributed by atoms with E-state index in [1.807, 2.05) is 0 Å². The Kier molecular flexibility index (Phi) is 5.55. The van der Waals surface area contributed by atoms with Gasteiger partial charge in [0.2, 0.25) is 5.41 Å². The highest BCUT2D eigenvalue weighted by atomic mass is 19.4. The average molecular weight is 448 g/mol. The molecule has 10 heteroatoms. The summed E-state index contributed by atoms with van der Waals surface area (Å²) in [4.78, 5) is 0. The molecule has 2 aromatic rings. The largest absolute Gasteiger partial charge is 0.490 e. The molecule has 4 nitrogen and oxygen atoms in total. The molecule has 0 N–H and O–H groups in total. The van der Waals surface area contributed by atoms with E-state index in [-0.39, 0.29) is 25.4 Å². The third-order valence-electron chi connectivity index (χ3n) is 5.09. The van der Waals surface area contributed by atoms with Gasteiger partial charge >= 0.3 is 12.4 Å². The second-order valence-corrected chi connectivity index (χ2v) is 7.27. The van der Waals surface area contributed by atoms with Gasteiger partial charge in [0.25, 0.3) is 0 Å². The van der Waals surface area contributed by atoms with Crippen LogP contribution in [-0.4, -0.2) is 51.0 Å². The summed E-state index contributed by atoms with van der Waals surface area (Å²) < 4.78 is 108. The first kappa shape index (κ1) is 21.8. The van der Waals surface area contributed by atoms with Gasteiger partial charge < -0.3 is 18.9 Å². The van der Waals surface area contributed by atoms with E-state index in [0.717, 1.165) is 36.4 Å². The number of alkyl halides is 6. The van der Waals surface area contributed by atoms with E-state index in [9.17, 15) is 26.3 Å². The van der Waals surface area contributed by atoms with E-state index in [1.165, 1.54) is 12.1 Å². The van der Waals surface area contributed by atoms with Crippen molar-refractivity contribution in [1.82, 2.24) is 0 Å². The van der Waals surface area contributed by atoms with E-state index >= 15 is 0 Å². The molecular weight excluding hydrogens is 430 g/mol. The van der Waals surface area contributed by atoms with Crippen molar-refractivity contribution in [3.63, 3.8) is 0 Å². The lowest BCUT2D eigenvalue weighted by Crippen LogP contribution is -2.55. The van der Waals surface area contributed by atoms with Crippen LogP contribution in [0.15, 0.2) is 48.5 Å². The molecule has 2 unspecified atom stereocenters. The molecule has 0 radical (unpaired) electrons. The monoisotopic (exact) mass is 448 g/mol. The molecule has 0 bridgehead atoms. The van der Waals surface area contributed by atoms with Gasteiger partial charge in [0.1, 0.15) is 36.9 Å². The number of hydrogen-bond donors (Lipinski definition) is 0. The summed E-state index contributed by atoms with van der Waals surface area (Å²) in [5, 5.41) is 0. The van der Waals surface area contributed by atoms with Crippen molar-refractivity contribution in [2.45, 2.75) is 30.0 Å². The summed E-state index contributed by atoms with van der Waals surface area (Å²) >= 11 is 0. The fourth-order valence-electron chi connectivity index (χ4n) is 3.42. The summed E-state index contributed by atoms with van der Waals surface area (Å²) in [6.45, 7) is 0.372. The summed E-state index contributed by atoms with van der Waals surface area (Å²) in [5.41, 5.74) is -6.49. The molecular formula is C21H18F6O4. The Morgan fingerprint density at radius 2 is 1.03 bits per heavy atom. The first-order chi connectivity index (χ1) is 14.6. The number of rotatable bonds is 8. The predicted octanol–water partition coefficient (Wildman–Crippen LogP) is 4.65. The molecule has 2 fully saturated rings. The fraction of sp³-hybridized carbons (Fsp3) is 0.429. The molecule has 2 heterocycles. The van der Waals surface area contributed by atoms with Gasteiger partial charge in [-0.1, -0.05) is 36.4 Å². The van der Waals surface area contributed by atoms with Crippen LogP contribution in [-0.2, 0) is 14.9 Å². The normalized spacial score (nSPS) is 21.0. The standard InChI is InChI=1S/C21H18F6O4/c22-20(23,24)19(21(25,26)27,15-5-1-3-7-17(15)30-11-13-9-28-13)16-6-2-4-8-18(16)31-12-14-10-29-14/h1-8,13-14H,9-12H2. The molecule has 2 aliphatic heterocycles. The minimum atomic E-state index is -5.75. The number of benzene rings is 2. The van der Waals surface area contributed by atoms with E-state index < -0.39 is 40.4 Å². The summed E-state index contributed by atoms with van der Waals surface area (Å²) in [6.07, 6.45) is -12.2. The predicted molar refractivity (Wildman–Crippen MR) is 96.2 cm³/mol. The number of hydrogen-bond acceptors (Lipinski definition) is 4. The van der Waals surface area contributed by atoms with Gasteiger partial charge in [-0.2, -0.15) is 26.3 Å². The summed E-state index contributed by atoms with van der Waals surface area (Å²) in [5.74, 6) is -1.04. The maximum Gasteiger partial charge on any atom is 0.411 e. The Labute approximate surface area is 173 Å². The molecule has 2 aromatic carbocycles. The molecule has 0 saturated carbocycles. The van der Waals surface area contributed by atoms with Crippen LogP contribution in [0.5, 0.6) is 11.5 Å². The molecule has 0 aromatic heterocycles. The van der Waals surface area contributed by atoms with Crippen molar-refractivity contribution >= 4 is 0 Å². The van der Waals surface area contributed by atoms with Gasteiger partial charge in [0, 0.05) is 11.1 Å². The zero-order valence-electron chi connectivity index (χ0n) is 16.0. The highest BCUT2D eigenvalue weighted by Crippen LogP contribution is 2.59. The molecule has 2 atom stereocenters. The zero-order valence-corrected chi connectivity index (χ0v) is 16.0. The fourth-order valence-corrected chi connectivity index (χ4v) is 3.42. The average Bonchev–Trinajstić information content (AvgIpc) is 3.60. The summed E-state index contributed by atoms with van der Waals surface area (Å²) in [6, 6.07) is 8.60. The minimum Gasteiger partial charge on any atom is -0.490 e. The summed E-state index contributed by atoms with van der Waals surface area (Å²) in [7, 11) is 0. The van der Waals surface area contributed by atoms with Crippen LogP contribution in [0.3, 0.4) is 0 Å². The van der Waals surface area contributed by atoms with Gasteiger partial charge in [-0.3, -0.25) is 0 Å². The molecule has 168 valence electrons. The Bertz CT molecular complexity index is 843. The molecule has 0 amide bonds. The van der Waals surface area contributed by atoms with Crippen molar-refractivity contribution in [2.24, 2.45) is 0 Å². The van der Waals surface area contributed by atoms with E-state index in [4.69, 9.17) is 18.9 Å². The van der Waals surface area contributed by atoms with Crippen molar-refractivity contribution in [1.29, 1.82) is 0 Å². The van der Waals surface area contributed by atoms with Crippen LogP contribution in [0.4, 0.5) is 26.3 Å². The maximum absolute atomic E-state index is 14.5. The van der Waals surface area contributed by atoms with Gasteiger partial charge in [0.15, 0.2) is 0 Å². The molecule has 0 aliphatic carbocycles. The maximum atomic E-state index is 14.5. The van der Waals surface area contributed by atoms with Gasteiger partial charge in [0.05, 0.1) is 13.2 Å². The molecule has 0 spiro atoms. The van der Waals surface area contributed by atoms with E-state index in [0.29, 0.717) is 13.2 Å². The van der Waals surface area contributed by atoms with Crippen LogP contribution in [0.1, 0.15) is 11.1 Å². The van der Waals surface area contributed by atoms with Crippen LogP contribution in [0.2, 0.25) is 0 Å². The molecule has 2 aliphatic rings. The Hall–Kier alpha value is -2.46. The quantitative estimate of drug-likeness (QED) is 0.436. The lowest BCUT2D eigenvalue weighted by molar-refractivity contribution is -0.289. The van der Waals surface area contributed by atoms with Crippen molar-refractivity contribution in [3.05, 3.63) is 59.7 Å². The first-order valence-electron chi connectivity index (χ1n) is 9.46. The van der Waals surface area contributed by atoms with Gasteiger partial charge in [-0.25, -0.2) is 0 Å². The highest BCUT2D eigenvalue weighted by Gasteiger charge is 2.74. The topological polar surface area (TPSA) is 43.5 Å². The van der Waals surface area contributed by atoms with Crippen LogP contribution < -0.4 is 9.47 Å². The zero-order chi connectivity index (χ0) is 22.3. The SMILES string of the molecule is FC(F)(F)C(c1ccccc1OCC1CO1)(c1ccccc1OCC1CO1)C(F)(F)F. The lowest BCUT2D eigenvalue weighted by Gasteiger charge is -2.39. The van der Waals surface area contributed by atoms with Crippen molar-refractivity contribution in [3.8, 4) is 11.5 Å². The Morgan fingerprint density at radius 1 is 0.677 bits per heavy atom.